The molecule has 1 heterocycles. The predicted octanol–water partition coefficient (Wildman–Crippen LogP) is 1.06. The topological polar surface area (TPSA) is 114 Å². The van der Waals surface area contributed by atoms with Gasteiger partial charge in [0.2, 0.25) is 15.9 Å². The Balaban J connectivity index is 2.31. The van der Waals surface area contributed by atoms with Crippen LogP contribution in [0.1, 0.15) is 20.3 Å². The first-order valence-electron chi connectivity index (χ1n) is 8.80. The van der Waals surface area contributed by atoms with Gasteiger partial charge in [0.1, 0.15) is 0 Å². The molecule has 1 aromatic rings. The molecule has 0 spiro atoms. The monoisotopic (exact) mass is 384 g/mol. The van der Waals surface area contributed by atoms with Crippen molar-refractivity contribution in [2.75, 3.05) is 50.0 Å². The number of anilines is 2. The molecule has 0 aliphatic carbocycles. The van der Waals surface area contributed by atoms with E-state index in [1.807, 2.05) is 0 Å². The van der Waals surface area contributed by atoms with E-state index < -0.39 is 10.0 Å². The second-order valence-electron chi connectivity index (χ2n) is 6.59. The normalized spacial score (nSPS) is 15.8. The largest absolute Gasteiger partial charge is 0.383 e. The van der Waals surface area contributed by atoms with E-state index in [0.29, 0.717) is 50.1 Å². The highest BCUT2D eigenvalue weighted by molar-refractivity contribution is 7.89. The third-order valence-corrected chi connectivity index (χ3v) is 5.84. The van der Waals surface area contributed by atoms with Crippen LogP contribution in [0.25, 0.3) is 0 Å². The van der Waals surface area contributed by atoms with Crippen molar-refractivity contribution in [3.05, 3.63) is 18.2 Å². The van der Waals surface area contributed by atoms with E-state index >= 15 is 0 Å². The molecule has 1 aromatic carbocycles. The summed E-state index contributed by atoms with van der Waals surface area (Å²) < 4.78 is 32.3. The third-order valence-electron chi connectivity index (χ3n) is 3.95. The highest BCUT2D eigenvalue weighted by Gasteiger charge is 2.27. The smallest absolute Gasteiger partial charge is 0.243 e. The summed E-state index contributed by atoms with van der Waals surface area (Å²) in [5.74, 6) is 0.153. The number of carbonyl (C=O) groups is 1. The first-order chi connectivity index (χ1) is 12.3. The summed E-state index contributed by atoms with van der Waals surface area (Å²) in [4.78, 5) is 12.1. The van der Waals surface area contributed by atoms with Gasteiger partial charge < -0.3 is 21.1 Å². The lowest BCUT2D eigenvalue weighted by atomic mass is 10.2. The Labute approximate surface area is 155 Å². The molecule has 0 saturated carbocycles. The highest BCUT2D eigenvalue weighted by atomic mass is 32.2. The SMILES string of the molecule is CC(C)CNc1ccc(S(=O)(=O)N2CCOCC2)cc1NC(=O)CCN. The van der Waals surface area contributed by atoms with Gasteiger partial charge in [-0.15, -0.1) is 0 Å². The fourth-order valence-electron chi connectivity index (χ4n) is 2.54. The Morgan fingerprint density at radius 3 is 2.58 bits per heavy atom. The maximum atomic E-state index is 12.8. The van der Waals surface area contributed by atoms with Crippen LogP contribution in [-0.4, -0.2) is 58.0 Å². The predicted molar refractivity (Wildman–Crippen MR) is 102 cm³/mol. The maximum Gasteiger partial charge on any atom is 0.243 e. The molecule has 1 amide bonds. The van der Waals surface area contributed by atoms with E-state index in [9.17, 15) is 13.2 Å². The van der Waals surface area contributed by atoms with Gasteiger partial charge in [0.25, 0.3) is 0 Å². The zero-order chi connectivity index (χ0) is 19.2. The third kappa shape index (κ3) is 5.41. The molecule has 146 valence electrons. The minimum Gasteiger partial charge on any atom is -0.383 e. The van der Waals surface area contributed by atoms with Gasteiger partial charge in [-0.3, -0.25) is 4.79 Å². The Kier molecular flexibility index (Phi) is 7.39. The lowest BCUT2D eigenvalue weighted by Crippen LogP contribution is -2.40. The zero-order valence-corrected chi connectivity index (χ0v) is 16.1. The molecule has 8 nitrogen and oxygen atoms in total. The van der Waals surface area contributed by atoms with Gasteiger partial charge in [0.05, 0.1) is 29.5 Å². The van der Waals surface area contributed by atoms with Crippen molar-refractivity contribution in [3.8, 4) is 0 Å². The van der Waals surface area contributed by atoms with Crippen molar-refractivity contribution >= 4 is 27.3 Å². The van der Waals surface area contributed by atoms with Crippen molar-refractivity contribution in [1.82, 2.24) is 4.31 Å². The molecular weight excluding hydrogens is 356 g/mol. The number of nitrogens with one attached hydrogen (secondary N) is 2. The molecule has 0 radical (unpaired) electrons. The van der Waals surface area contributed by atoms with Crippen LogP contribution in [0.2, 0.25) is 0 Å². The number of ether oxygens (including phenoxy) is 1. The number of amides is 1. The number of carbonyl (C=O) groups excluding carboxylic acids is 1. The van der Waals surface area contributed by atoms with Crippen molar-refractivity contribution in [2.24, 2.45) is 11.7 Å². The number of benzene rings is 1. The van der Waals surface area contributed by atoms with Crippen molar-refractivity contribution in [3.63, 3.8) is 0 Å². The summed E-state index contributed by atoms with van der Waals surface area (Å²) in [6, 6.07) is 4.75. The van der Waals surface area contributed by atoms with E-state index in [2.05, 4.69) is 24.5 Å². The molecule has 4 N–H and O–H groups in total. The molecule has 1 saturated heterocycles. The molecule has 9 heteroatoms. The quantitative estimate of drug-likeness (QED) is 0.618. The lowest BCUT2D eigenvalue weighted by Gasteiger charge is -2.26. The van der Waals surface area contributed by atoms with E-state index in [1.54, 1.807) is 12.1 Å². The molecular formula is C17H28N4O4S. The summed E-state index contributed by atoms with van der Waals surface area (Å²) >= 11 is 0. The van der Waals surface area contributed by atoms with Crippen LogP contribution in [0, 0.1) is 5.92 Å². The van der Waals surface area contributed by atoms with E-state index in [-0.39, 0.29) is 23.8 Å². The Bertz CT molecular complexity index is 715. The Morgan fingerprint density at radius 1 is 1.27 bits per heavy atom. The van der Waals surface area contributed by atoms with E-state index in [1.165, 1.54) is 10.4 Å². The van der Waals surface area contributed by atoms with Gasteiger partial charge in [0.15, 0.2) is 0 Å². The van der Waals surface area contributed by atoms with E-state index in [0.717, 1.165) is 0 Å². The van der Waals surface area contributed by atoms with Crippen LogP contribution in [0.15, 0.2) is 23.1 Å². The van der Waals surface area contributed by atoms with Crippen LogP contribution < -0.4 is 16.4 Å². The van der Waals surface area contributed by atoms with Crippen LogP contribution in [0.5, 0.6) is 0 Å². The molecule has 0 aromatic heterocycles. The molecule has 0 bridgehead atoms. The molecule has 2 rings (SSSR count). The first-order valence-corrected chi connectivity index (χ1v) is 10.2. The van der Waals surface area contributed by atoms with Crippen molar-refractivity contribution in [2.45, 2.75) is 25.2 Å². The van der Waals surface area contributed by atoms with Crippen LogP contribution in [0.3, 0.4) is 0 Å². The second-order valence-corrected chi connectivity index (χ2v) is 8.52. The minimum absolute atomic E-state index is 0.151. The number of morpholine rings is 1. The average molecular weight is 385 g/mol. The van der Waals surface area contributed by atoms with Gasteiger partial charge >= 0.3 is 0 Å². The van der Waals surface area contributed by atoms with E-state index in [4.69, 9.17) is 10.5 Å². The van der Waals surface area contributed by atoms with Gasteiger partial charge in [-0.2, -0.15) is 4.31 Å². The lowest BCUT2D eigenvalue weighted by molar-refractivity contribution is -0.116. The minimum atomic E-state index is -3.63. The highest BCUT2D eigenvalue weighted by Crippen LogP contribution is 2.28. The Morgan fingerprint density at radius 2 is 1.96 bits per heavy atom. The van der Waals surface area contributed by atoms with Gasteiger partial charge in [-0.25, -0.2) is 8.42 Å². The number of rotatable bonds is 8. The number of nitrogens with zero attached hydrogens (tertiary/aromatic N) is 1. The van der Waals surface area contributed by atoms with Crippen LogP contribution in [-0.2, 0) is 19.6 Å². The van der Waals surface area contributed by atoms with Crippen LogP contribution in [0.4, 0.5) is 11.4 Å². The zero-order valence-electron chi connectivity index (χ0n) is 15.3. The van der Waals surface area contributed by atoms with Gasteiger partial charge in [-0.05, 0) is 24.1 Å². The summed E-state index contributed by atoms with van der Waals surface area (Å²) in [5.41, 5.74) is 6.55. The molecule has 0 unspecified atom stereocenters. The van der Waals surface area contributed by atoms with Crippen LogP contribution >= 0.6 is 0 Å². The number of nitrogens with two attached hydrogens (primary N) is 1. The molecule has 1 fully saturated rings. The van der Waals surface area contributed by atoms with Gasteiger partial charge in [0, 0.05) is 32.6 Å². The summed E-state index contributed by atoms with van der Waals surface area (Å²) in [6.07, 6.45) is 0.171. The maximum absolute atomic E-state index is 12.8. The molecule has 1 aliphatic heterocycles. The molecule has 26 heavy (non-hydrogen) atoms. The van der Waals surface area contributed by atoms with Crippen molar-refractivity contribution < 1.29 is 17.9 Å². The first kappa shape index (κ1) is 20.6. The summed E-state index contributed by atoms with van der Waals surface area (Å²) in [7, 11) is -3.63. The fourth-order valence-corrected chi connectivity index (χ4v) is 3.97. The number of hydrogen-bond donors (Lipinski definition) is 3. The van der Waals surface area contributed by atoms with Crippen molar-refractivity contribution in [1.29, 1.82) is 0 Å². The number of hydrogen-bond acceptors (Lipinski definition) is 6. The van der Waals surface area contributed by atoms with Gasteiger partial charge in [-0.1, -0.05) is 13.8 Å². The summed E-state index contributed by atoms with van der Waals surface area (Å²) in [6.45, 7) is 6.48. The molecule has 1 aliphatic rings. The fraction of sp³-hybridized carbons (Fsp3) is 0.588. The molecule has 0 atom stereocenters. The second kappa shape index (κ2) is 9.31. The Hall–Kier alpha value is -1.68. The average Bonchev–Trinajstić information content (AvgIpc) is 2.61. The number of sulfonamides is 1. The summed E-state index contributed by atoms with van der Waals surface area (Å²) in [5, 5.41) is 6.01. The standard InChI is InChI=1S/C17H28N4O4S/c1-13(2)12-19-15-4-3-14(11-16(15)20-17(22)5-6-18)26(23,24)21-7-9-25-10-8-21/h3-4,11,13,19H,5-10,12,18H2,1-2H3,(H,20,22).